The number of rotatable bonds is 8. The Kier molecular flexibility index (Phi) is 7.54. The van der Waals surface area contributed by atoms with Gasteiger partial charge in [0.2, 0.25) is 0 Å². The molecule has 152 valence electrons. The highest BCUT2D eigenvalue weighted by atomic mass is 16.5. The van der Waals surface area contributed by atoms with Crippen molar-refractivity contribution in [3.8, 4) is 0 Å². The van der Waals surface area contributed by atoms with Crippen LogP contribution < -0.4 is 11.1 Å². The van der Waals surface area contributed by atoms with Crippen LogP contribution in [0.1, 0.15) is 77.2 Å². The molecule has 0 heterocycles. The van der Waals surface area contributed by atoms with E-state index in [1.807, 2.05) is 32.0 Å². The second-order valence-corrected chi connectivity index (χ2v) is 8.41. The molecule has 1 fully saturated rings. The number of aliphatic hydroxyl groups is 1. The van der Waals surface area contributed by atoms with E-state index in [0.29, 0.717) is 18.0 Å². The second-order valence-electron chi connectivity index (χ2n) is 8.41. The third-order valence-corrected chi connectivity index (χ3v) is 5.87. The molecule has 1 saturated carbocycles. The van der Waals surface area contributed by atoms with E-state index in [-0.39, 0.29) is 17.9 Å². The van der Waals surface area contributed by atoms with E-state index in [1.54, 1.807) is 0 Å². The van der Waals surface area contributed by atoms with Gasteiger partial charge in [0.1, 0.15) is 0 Å². The number of benzene rings is 1. The van der Waals surface area contributed by atoms with Crippen LogP contribution in [0.25, 0.3) is 0 Å². The van der Waals surface area contributed by atoms with Crippen molar-refractivity contribution in [2.45, 2.75) is 83.3 Å². The number of hydrogen-bond donors (Lipinski definition) is 3. The topological polar surface area (TPSA) is 84.6 Å². The first-order valence-corrected chi connectivity index (χ1v) is 10.2. The quantitative estimate of drug-likeness (QED) is 0.461. The van der Waals surface area contributed by atoms with Crippen molar-refractivity contribution in [3.05, 3.63) is 23.8 Å². The van der Waals surface area contributed by atoms with Crippen molar-refractivity contribution in [2.24, 2.45) is 5.92 Å². The Hall–Kier alpha value is -1.75. The molecule has 1 aromatic rings. The lowest BCUT2D eigenvalue weighted by molar-refractivity contribution is -0.141. The zero-order valence-corrected chi connectivity index (χ0v) is 17.3. The maximum atomic E-state index is 11.6. The lowest BCUT2D eigenvalue weighted by Crippen LogP contribution is -2.47. The fourth-order valence-electron chi connectivity index (χ4n) is 4.26. The zero-order valence-electron chi connectivity index (χ0n) is 17.3. The van der Waals surface area contributed by atoms with Crippen LogP contribution in [0.4, 0.5) is 11.4 Å². The number of carbonyl (C=O) groups is 1. The Bertz CT molecular complexity index is 618. The summed E-state index contributed by atoms with van der Waals surface area (Å²) in [6.45, 7) is 5.80. The van der Waals surface area contributed by atoms with Gasteiger partial charge >= 0.3 is 5.97 Å². The molecule has 0 amide bonds. The van der Waals surface area contributed by atoms with Crippen molar-refractivity contribution in [2.75, 3.05) is 18.2 Å². The van der Waals surface area contributed by atoms with E-state index in [1.165, 1.54) is 26.4 Å². The Balaban J connectivity index is 2.18. The monoisotopic (exact) mass is 376 g/mol. The summed E-state index contributed by atoms with van der Waals surface area (Å²) in [5.41, 5.74) is 8.06. The normalized spacial score (nSPS) is 18.0. The number of methoxy groups -OCH3 is 1. The minimum absolute atomic E-state index is 0.0389. The first-order valence-electron chi connectivity index (χ1n) is 10.2. The predicted octanol–water partition coefficient (Wildman–Crippen LogP) is 4.46. The maximum Gasteiger partial charge on any atom is 0.306 e. The molecular weight excluding hydrogens is 340 g/mol. The number of nitrogens with one attached hydrogen (secondary N) is 1. The molecule has 2 rings (SSSR count). The number of carbonyl (C=O) groups excluding carboxylic acids is 1. The molecule has 0 radical (unpaired) electrons. The van der Waals surface area contributed by atoms with Crippen molar-refractivity contribution in [1.29, 1.82) is 0 Å². The lowest BCUT2D eigenvalue weighted by atomic mass is 9.77. The fourth-order valence-corrected chi connectivity index (χ4v) is 4.26. The molecule has 0 bridgehead atoms. The van der Waals surface area contributed by atoms with Gasteiger partial charge in [-0.1, -0.05) is 32.3 Å². The number of nitrogen functional groups attached to an aromatic ring is 1. The van der Waals surface area contributed by atoms with Crippen LogP contribution in [0.5, 0.6) is 0 Å². The SMILES string of the molecule is CC[C@@H](CC(=O)OC)c1ccc(N[C@@H](C2CCCCC2)C(C)(C)O)c(N)c1. The highest BCUT2D eigenvalue weighted by Gasteiger charge is 2.35. The van der Waals surface area contributed by atoms with E-state index >= 15 is 0 Å². The van der Waals surface area contributed by atoms with Crippen LogP contribution in [0.2, 0.25) is 0 Å². The van der Waals surface area contributed by atoms with Gasteiger partial charge < -0.3 is 20.9 Å². The molecule has 0 aliphatic heterocycles. The van der Waals surface area contributed by atoms with Crippen LogP contribution in [-0.2, 0) is 9.53 Å². The van der Waals surface area contributed by atoms with Crippen LogP contribution in [0, 0.1) is 5.92 Å². The van der Waals surface area contributed by atoms with Gasteiger partial charge in [-0.3, -0.25) is 4.79 Å². The first kappa shape index (κ1) is 21.5. The minimum Gasteiger partial charge on any atom is -0.469 e. The van der Waals surface area contributed by atoms with Crippen molar-refractivity contribution < 1.29 is 14.6 Å². The average molecular weight is 377 g/mol. The van der Waals surface area contributed by atoms with Gasteiger partial charge in [-0.05, 0) is 62.6 Å². The first-order chi connectivity index (χ1) is 12.8. The molecule has 5 nitrogen and oxygen atoms in total. The number of nitrogens with two attached hydrogens (primary N) is 1. The van der Waals surface area contributed by atoms with Crippen LogP contribution >= 0.6 is 0 Å². The molecular formula is C22H36N2O3. The van der Waals surface area contributed by atoms with Gasteiger partial charge in [0.25, 0.3) is 0 Å². The van der Waals surface area contributed by atoms with E-state index in [0.717, 1.165) is 30.5 Å². The predicted molar refractivity (Wildman–Crippen MR) is 111 cm³/mol. The second kappa shape index (κ2) is 9.45. The van der Waals surface area contributed by atoms with Crippen molar-refractivity contribution >= 4 is 17.3 Å². The van der Waals surface area contributed by atoms with Gasteiger partial charge in [0.15, 0.2) is 0 Å². The molecule has 4 N–H and O–H groups in total. The number of hydrogen-bond acceptors (Lipinski definition) is 5. The third kappa shape index (κ3) is 5.86. The van der Waals surface area contributed by atoms with E-state index in [4.69, 9.17) is 10.5 Å². The zero-order chi connectivity index (χ0) is 20.0. The van der Waals surface area contributed by atoms with Crippen molar-refractivity contribution in [3.63, 3.8) is 0 Å². The molecule has 5 heteroatoms. The van der Waals surface area contributed by atoms with E-state index in [2.05, 4.69) is 12.2 Å². The minimum atomic E-state index is -0.829. The Morgan fingerprint density at radius 2 is 2.00 bits per heavy atom. The van der Waals surface area contributed by atoms with Gasteiger partial charge in [-0.2, -0.15) is 0 Å². The summed E-state index contributed by atoms with van der Waals surface area (Å²) in [7, 11) is 1.42. The fraction of sp³-hybridized carbons (Fsp3) is 0.682. The van der Waals surface area contributed by atoms with Crippen LogP contribution in [0.3, 0.4) is 0 Å². The summed E-state index contributed by atoms with van der Waals surface area (Å²) in [5, 5.41) is 14.3. The summed E-state index contributed by atoms with van der Waals surface area (Å²) >= 11 is 0. The summed E-state index contributed by atoms with van der Waals surface area (Å²) in [4.78, 5) is 11.6. The van der Waals surface area contributed by atoms with Gasteiger partial charge in [-0.25, -0.2) is 0 Å². The Labute approximate surface area is 163 Å². The Morgan fingerprint density at radius 3 is 2.52 bits per heavy atom. The number of esters is 1. The van der Waals surface area contributed by atoms with Crippen molar-refractivity contribution in [1.82, 2.24) is 0 Å². The van der Waals surface area contributed by atoms with E-state index in [9.17, 15) is 9.90 Å². The highest BCUT2D eigenvalue weighted by molar-refractivity contribution is 5.72. The largest absolute Gasteiger partial charge is 0.469 e. The van der Waals surface area contributed by atoms with Crippen LogP contribution in [0.15, 0.2) is 18.2 Å². The number of ether oxygens (including phenoxy) is 1. The summed E-state index contributed by atoms with van der Waals surface area (Å²) in [5.74, 6) is 0.333. The Morgan fingerprint density at radius 1 is 1.33 bits per heavy atom. The maximum absolute atomic E-state index is 11.6. The number of anilines is 2. The third-order valence-electron chi connectivity index (χ3n) is 5.87. The molecule has 1 aromatic carbocycles. The van der Waals surface area contributed by atoms with E-state index < -0.39 is 5.60 Å². The van der Waals surface area contributed by atoms with Crippen LogP contribution in [-0.4, -0.2) is 29.8 Å². The molecule has 27 heavy (non-hydrogen) atoms. The summed E-state index contributed by atoms with van der Waals surface area (Å²) < 4.78 is 4.80. The van der Waals surface area contributed by atoms with Gasteiger partial charge in [0, 0.05) is 0 Å². The molecule has 2 atom stereocenters. The lowest BCUT2D eigenvalue weighted by Gasteiger charge is -2.39. The average Bonchev–Trinajstić information content (AvgIpc) is 2.64. The molecule has 0 unspecified atom stereocenters. The molecule has 1 aliphatic rings. The highest BCUT2D eigenvalue weighted by Crippen LogP contribution is 2.35. The molecule has 0 spiro atoms. The standard InChI is InChI=1S/C22H36N2O3/c1-5-15(14-20(25)27-4)17-11-12-19(18(23)13-17)24-21(22(2,3)26)16-9-7-6-8-10-16/h11-13,15-16,21,24,26H,5-10,14,23H2,1-4H3/t15-,21-/m0/s1. The van der Waals surface area contributed by atoms with Gasteiger partial charge in [0.05, 0.1) is 36.5 Å². The molecule has 0 saturated heterocycles. The molecule has 0 aromatic heterocycles. The summed E-state index contributed by atoms with van der Waals surface area (Å²) in [6, 6.07) is 5.91. The molecule has 1 aliphatic carbocycles. The van der Waals surface area contributed by atoms with Gasteiger partial charge in [-0.15, -0.1) is 0 Å². The summed E-state index contributed by atoms with van der Waals surface area (Å²) in [6.07, 6.45) is 7.19. The smallest absolute Gasteiger partial charge is 0.306 e.